The molecule has 0 radical (unpaired) electrons. The second kappa shape index (κ2) is 7.48. The van der Waals surface area contributed by atoms with Crippen LogP contribution in [0.1, 0.15) is 5.69 Å². The molecule has 4 aromatic heterocycles. The minimum Gasteiger partial charge on any atom is -0.433 e. The van der Waals surface area contributed by atoms with Gasteiger partial charge >= 0.3 is 0 Å². The number of halogens is 2. The third kappa shape index (κ3) is 3.54. The first-order valence-electron chi connectivity index (χ1n) is 9.28. The van der Waals surface area contributed by atoms with E-state index in [1.165, 1.54) is 6.07 Å². The summed E-state index contributed by atoms with van der Waals surface area (Å²) in [5.41, 5.74) is 2.75. The number of aromatic amines is 2. The van der Waals surface area contributed by atoms with Crippen LogP contribution in [-0.2, 0) is 0 Å². The Hall–Kier alpha value is -4.34. The van der Waals surface area contributed by atoms with Crippen molar-refractivity contribution >= 4 is 22.5 Å². The largest absolute Gasteiger partial charge is 0.433 e. The van der Waals surface area contributed by atoms with Gasteiger partial charge in [0.2, 0.25) is 5.82 Å². The molecule has 0 unspecified atom stereocenters. The SMILES string of the molecule is Cc1cc2c(F)c(Oc3ncnc(Nc4cc(-c5ccccn5)[nH]n4)c3F)ccc2[nH]1. The Labute approximate surface area is 174 Å². The number of hydrogen-bond acceptors (Lipinski definition) is 6. The van der Waals surface area contributed by atoms with Crippen LogP contribution in [0, 0.1) is 18.6 Å². The van der Waals surface area contributed by atoms with Gasteiger partial charge in [-0.15, -0.1) is 0 Å². The average Bonchev–Trinajstić information content (AvgIpc) is 3.40. The van der Waals surface area contributed by atoms with Crippen molar-refractivity contribution in [2.75, 3.05) is 5.32 Å². The van der Waals surface area contributed by atoms with Crippen LogP contribution < -0.4 is 10.1 Å². The molecule has 1 aromatic carbocycles. The van der Waals surface area contributed by atoms with Crippen molar-refractivity contribution < 1.29 is 13.5 Å². The maximum absolute atomic E-state index is 14.9. The minimum absolute atomic E-state index is 0.146. The van der Waals surface area contributed by atoms with Crippen LogP contribution in [0.25, 0.3) is 22.3 Å². The lowest BCUT2D eigenvalue weighted by molar-refractivity contribution is 0.400. The fourth-order valence-corrected chi connectivity index (χ4v) is 3.14. The molecule has 5 rings (SSSR count). The maximum atomic E-state index is 14.9. The highest BCUT2D eigenvalue weighted by atomic mass is 19.1. The van der Waals surface area contributed by atoms with Crippen LogP contribution in [-0.4, -0.2) is 30.1 Å². The number of benzene rings is 1. The lowest BCUT2D eigenvalue weighted by atomic mass is 10.2. The van der Waals surface area contributed by atoms with Gasteiger partial charge in [-0.05, 0) is 37.3 Å². The van der Waals surface area contributed by atoms with Crippen LogP contribution in [0.2, 0.25) is 0 Å². The molecule has 0 fully saturated rings. The summed E-state index contributed by atoms with van der Waals surface area (Å²) in [6, 6.07) is 11.8. The molecule has 10 heteroatoms. The first-order valence-corrected chi connectivity index (χ1v) is 9.28. The summed E-state index contributed by atoms with van der Waals surface area (Å²) < 4.78 is 35.1. The molecule has 4 heterocycles. The van der Waals surface area contributed by atoms with Crippen molar-refractivity contribution in [3.8, 4) is 23.0 Å². The lowest BCUT2D eigenvalue weighted by Gasteiger charge is -2.09. The smallest absolute Gasteiger partial charge is 0.261 e. The van der Waals surface area contributed by atoms with Crippen molar-refractivity contribution in [3.63, 3.8) is 0 Å². The molecule has 154 valence electrons. The van der Waals surface area contributed by atoms with Crippen LogP contribution in [0.5, 0.6) is 11.6 Å². The number of aryl methyl sites for hydroxylation is 1. The molecule has 0 saturated carbocycles. The summed E-state index contributed by atoms with van der Waals surface area (Å²) in [6.45, 7) is 1.82. The number of ether oxygens (including phenoxy) is 1. The summed E-state index contributed by atoms with van der Waals surface area (Å²) in [7, 11) is 0. The second-order valence-electron chi connectivity index (χ2n) is 6.74. The van der Waals surface area contributed by atoms with Crippen LogP contribution in [0.3, 0.4) is 0 Å². The molecule has 0 saturated heterocycles. The fraction of sp³-hybridized carbons (Fsp3) is 0.0476. The molecule has 0 spiro atoms. The van der Waals surface area contributed by atoms with Crippen LogP contribution in [0.4, 0.5) is 20.4 Å². The number of anilines is 2. The van der Waals surface area contributed by atoms with Gasteiger partial charge in [0.1, 0.15) is 6.33 Å². The maximum Gasteiger partial charge on any atom is 0.261 e. The van der Waals surface area contributed by atoms with Crippen molar-refractivity contribution in [2.24, 2.45) is 0 Å². The van der Waals surface area contributed by atoms with E-state index in [9.17, 15) is 8.78 Å². The van der Waals surface area contributed by atoms with Crippen molar-refractivity contribution in [2.45, 2.75) is 6.92 Å². The predicted molar refractivity (Wildman–Crippen MR) is 110 cm³/mol. The molecule has 0 aliphatic rings. The quantitative estimate of drug-likeness (QED) is 0.376. The zero-order valence-corrected chi connectivity index (χ0v) is 16.1. The number of rotatable bonds is 5. The Morgan fingerprint density at radius 2 is 1.90 bits per heavy atom. The average molecular weight is 419 g/mol. The molecular weight excluding hydrogens is 404 g/mol. The normalized spacial score (nSPS) is 11.1. The molecule has 0 amide bonds. The van der Waals surface area contributed by atoms with Crippen molar-refractivity contribution in [3.05, 3.63) is 72.3 Å². The zero-order chi connectivity index (χ0) is 21.4. The van der Waals surface area contributed by atoms with E-state index in [0.717, 1.165) is 12.0 Å². The minimum atomic E-state index is -0.880. The highest BCUT2D eigenvalue weighted by molar-refractivity contribution is 5.82. The van der Waals surface area contributed by atoms with E-state index in [4.69, 9.17) is 4.74 Å². The molecule has 0 bridgehead atoms. The standard InChI is InChI=1S/C21H15F2N7O/c1-11-8-12-13(27-11)5-6-16(18(12)22)31-21-19(23)20(25-10-26-21)28-17-9-15(29-30-17)14-4-2-3-7-24-14/h2-10,27H,1H3,(H2,25,26,28,29,30). The Balaban J connectivity index is 1.41. The number of nitrogens with zero attached hydrogens (tertiary/aromatic N) is 4. The number of nitrogens with one attached hydrogen (secondary N) is 3. The van der Waals surface area contributed by atoms with Gasteiger partial charge in [-0.3, -0.25) is 10.1 Å². The van der Waals surface area contributed by atoms with Gasteiger partial charge in [0.05, 0.1) is 11.4 Å². The number of H-pyrrole nitrogens is 2. The highest BCUT2D eigenvalue weighted by Crippen LogP contribution is 2.32. The molecule has 0 aliphatic heterocycles. The van der Waals surface area contributed by atoms with E-state index in [-0.39, 0.29) is 11.6 Å². The Morgan fingerprint density at radius 1 is 1.00 bits per heavy atom. The molecule has 8 nitrogen and oxygen atoms in total. The molecule has 3 N–H and O–H groups in total. The topological polar surface area (TPSA) is 104 Å². The Bertz CT molecular complexity index is 1380. The third-order valence-corrected chi connectivity index (χ3v) is 4.57. The first kappa shape index (κ1) is 18.7. The lowest BCUT2D eigenvalue weighted by Crippen LogP contribution is -2.02. The van der Waals surface area contributed by atoms with E-state index in [1.54, 1.807) is 30.5 Å². The van der Waals surface area contributed by atoms with Gasteiger partial charge < -0.3 is 15.0 Å². The third-order valence-electron chi connectivity index (χ3n) is 4.57. The number of pyridine rings is 1. The highest BCUT2D eigenvalue weighted by Gasteiger charge is 2.18. The van der Waals surface area contributed by atoms with E-state index >= 15 is 0 Å². The molecule has 31 heavy (non-hydrogen) atoms. The van der Waals surface area contributed by atoms with Gasteiger partial charge in [-0.1, -0.05) is 6.07 Å². The van der Waals surface area contributed by atoms with Gasteiger partial charge in [0, 0.05) is 28.9 Å². The first-order chi connectivity index (χ1) is 15.1. The summed E-state index contributed by atoms with van der Waals surface area (Å²) in [4.78, 5) is 14.9. The monoisotopic (exact) mass is 419 g/mol. The predicted octanol–water partition coefficient (Wildman–Crippen LogP) is 4.87. The number of hydrogen-bond donors (Lipinski definition) is 3. The Morgan fingerprint density at radius 3 is 2.74 bits per heavy atom. The van der Waals surface area contributed by atoms with Crippen molar-refractivity contribution in [1.29, 1.82) is 0 Å². The number of aromatic nitrogens is 6. The Kier molecular flexibility index (Phi) is 4.51. The van der Waals surface area contributed by atoms with Crippen LogP contribution >= 0.6 is 0 Å². The van der Waals surface area contributed by atoms with E-state index in [0.29, 0.717) is 28.1 Å². The molecule has 0 atom stereocenters. The van der Waals surface area contributed by atoms with Gasteiger partial charge in [-0.2, -0.15) is 14.5 Å². The van der Waals surface area contributed by atoms with E-state index in [2.05, 4.69) is 35.5 Å². The zero-order valence-electron chi connectivity index (χ0n) is 16.1. The second-order valence-corrected chi connectivity index (χ2v) is 6.74. The summed E-state index contributed by atoms with van der Waals surface area (Å²) in [5, 5.41) is 10.0. The van der Waals surface area contributed by atoms with E-state index in [1.807, 2.05) is 19.1 Å². The fourth-order valence-electron chi connectivity index (χ4n) is 3.14. The van der Waals surface area contributed by atoms with Gasteiger partial charge in [0.15, 0.2) is 23.2 Å². The van der Waals surface area contributed by atoms with E-state index < -0.39 is 17.5 Å². The summed E-state index contributed by atoms with van der Waals surface area (Å²) in [5.74, 6) is -1.89. The molecular formula is C21H15F2N7O. The summed E-state index contributed by atoms with van der Waals surface area (Å²) in [6.07, 6.45) is 2.77. The van der Waals surface area contributed by atoms with Gasteiger partial charge in [0.25, 0.3) is 5.88 Å². The summed E-state index contributed by atoms with van der Waals surface area (Å²) >= 11 is 0. The molecule has 0 aliphatic carbocycles. The van der Waals surface area contributed by atoms with Crippen LogP contribution in [0.15, 0.2) is 55.0 Å². The number of fused-ring (bicyclic) bond motifs is 1. The van der Waals surface area contributed by atoms with Crippen molar-refractivity contribution in [1.82, 2.24) is 30.1 Å². The molecule has 5 aromatic rings. The van der Waals surface area contributed by atoms with Gasteiger partial charge in [-0.25, -0.2) is 9.37 Å².